The summed E-state index contributed by atoms with van der Waals surface area (Å²) < 4.78 is 26.9. The van der Waals surface area contributed by atoms with Gasteiger partial charge in [-0.25, -0.2) is 0 Å². The molecule has 0 aliphatic rings. The highest BCUT2D eigenvalue weighted by Crippen LogP contribution is 2.47. The Hall–Kier alpha value is -0.380. The smallest absolute Gasteiger partial charge is 0.333 e. The van der Waals surface area contributed by atoms with E-state index < -0.39 is 13.7 Å². The molecule has 17 heavy (non-hydrogen) atoms. The van der Waals surface area contributed by atoms with E-state index in [1.807, 2.05) is 6.92 Å². The van der Waals surface area contributed by atoms with Gasteiger partial charge < -0.3 is 13.8 Å². The molecular formula is C11H23O5P. The first kappa shape index (κ1) is 16.6. The Morgan fingerprint density at radius 3 is 2.12 bits per heavy atom. The zero-order chi connectivity index (χ0) is 13.5. The highest BCUT2D eigenvalue weighted by molar-refractivity contribution is 7.53. The van der Waals surface area contributed by atoms with Crippen molar-refractivity contribution in [2.24, 2.45) is 5.92 Å². The largest absolute Gasteiger partial charge is 0.461 e. The normalized spacial score (nSPS) is 13.8. The van der Waals surface area contributed by atoms with E-state index in [9.17, 15) is 9.36 Å². The highest BCUT2D eigenvalue weighted by Gasteiger charge is 2.29. The van der Waals surface area contributed by atoms with Crippen LogP contribution in [0.2, 0.25) is 0 Å². The van der Waals surface area contributed by atoms with Crippen LogP contribution in [0.3, 0.4) is 0 Å². The number of carbonyl (C=O) groups is 1. The van der Waals surface area contributed by atoms with Gasteiger partial charge in [0.2, 0.25) is 0 Å². The van der Waals surface area contributed by atoms with Crippen molar-refractivity contribution in [1.29, 1.82) is 0 Å². The molecule has 0 radical (unpaired) electrons. The van der Waals surface area contributed by atoms with Crippen molar-refractivity contribution in [3.05, 3.63) is 0 Å². The molecule has 5 nitrogen and oxygen atoms in total. The molecule has 0 aromatic heterocycles. The van der Waals surface area contributed by atoms with Crippen LogP contribution in [0.4, 0.5) is 0 Å². The molecule has 1 atom stereocenters. The molecule has 0 saturated heterocycles. The number of hydrogen-bond acceptors (Lipinski definition) is 5. The Balaban J connectivity index is 4.53. The highest BCUT2D eigenvalue weighted by atomic mass is 31.2. The van der Waals surface area contributed by atoms with E-state index in [0.717, 1.165) is 6.42 Å². The molecule has 0 N–H and O–H groups in total. The fourth-order valence-corrected chi connectivity index (χ4v) is 2.49. The molecule has 0 aliphatic heterocycles. The zero-order valence-electron chi connectivity index (χ0n) is 11.3. The van der Waals surface area contributed by atoms with E-state index >= 15 is 0 Å². The first-order valence-corrected chi connectivity index (χ1v) is 7.52. The summed E-state index contributed by atoms with van der Waals surface area (Å²) in [6.07, 6.45) is 1.17. The Morgan fingerprint density at radius 1 is 1.24 bits per heavy atom. The van der Waals surface area contributed by atoms with E-state index in [2.05, 4.69) is 0 Å². The van der Waals surface area contributed by atoms with Gasteiger partial charge in [-0.1, -0.05) is 27.2 Å². The lowest BCUT2D eigenvalue weighted by Gasteiger charge is -2.22. The topological polar surface area (TPSA) is 61.8 Å². The second-order valence-corrected chi connectivity index (χ2v) is 6.48. The van der Waals surface area contributed by atoms with Crippen LogP contribution in [-0.4, -0.2) is 32.5 Å². The van der Waals surface area contributed by atoms with Gasteiger partial charge in [0.15, 0.2) is 0 Å². The molecule has 0 saturated carbocycles. The molecule has 0 aromatic rings. The first-order chi connectivity index (χ1) is 7.88. The molecule has 0 fully saturated rings. The molecule has 0 aliphatic carbocycles. The third kappa shape index (κ3) is 6.20. The lowest BCUT2D eigenvalue weighted by molar-refractivity contribution is -0.152. The summed E-state index contributed by atoms with van der Waals surface area (Å²) in [7, 11) is -0.469. The molecule has 102 valence electrons. The van der Waals surface area contributed by atoms with Crippen LogP contribution in [0, 0.1) is 5.92 Å². The minimum Gasteiger partial charge on any atom is -0.461 e. The summed E-state index contributed by atoms with van der Waals surface area (Å²) in [6.45, 7) is 5.50. The summed E-state index contributed by atoms with van der Waals surface area (Å²) in [5.41, 5.74) is 0. The average Bonchev–Trinajstić information content (AvgIpc) is 2.28. The molecule has 0 spiro atoms. The van der Waals surface area contributed by atoms with E-state index in [1.165, 1.54) is 14.2 Å². The van der Waals surface area contributed by atoms with E-state index in [0.29, 0.717) is 6.42 Å². The molecule has 1 unspecified atom stereocenters. The van der Waals surface area contributed by atoms with Crippen molar-refractivity contribution in [3.63, 3.8) is 0 Å². The van der Waals surface area contributed by atoms with Gasteiger partial charge in [-0.05, 0) is 6.42 Å². The summed E-state index contributed by atoms with van der Waals surface area (Å²) in [5.74, 6) is -0.485. The Morgan fingerprint density at radius 2 is 1.76 bits per heavy atom. The fourth-order valence-electron chi connectivity index (χ4n) is 1.28. The summed E-state index contributed by atoms with van der Waals surface area (Å²) in [6, 6.07) is 0. The van der Waals surface area contributed by atoms with Gasteiger partial charge in [-0.3, -0.25) is 9.36 Å². The SMILES string of the molecule is CCCC(CP(=O)(OC)OC)OC(=O)C(C)C. The number of esters is 1. The van der Waals surface area contributed by atoms with Crippen LogP contribution >= 0.6 is 7.60 Å². The zero-order valence-corrected chi connectivity index (χ0v) is 12.2. The summed E-state index contributed by atoms with van der Waals surface area (Å²) >= 11 is 0. The van der Waals surface area contributed by atoms with E-state index in [-0.39, 0.29) is 18.0 Å². The lowest BCUT2D eigenvalue weighted by Crippen LogP contribution is -2.25. The molecule has 0 aromatic carbocycles. The lowest BCUT2D eigenvalue weighted by atomic mass is 10.2. The number of carbonyl (C=O) groups excluding carboxylic acids is 1. The Bertz CT molecular complexity index is 269. The van der Waals surface area contributed by atoms with Crippen LogP contribution in [0.15, 0.2) is 0 Å². The van der Waals surface area contributed by atoms with Gasteiger partial charge in [0.1, 0.15) is 6.10 Å². The van der Waals surface area contributed by atoms with Gasteiger partial charge in [0.25, 0.3) is 0 Å². The number of hydrogen-bond donors (Lipinski definition) is 0. The molecular weight excluding hydrogens is 243 g/mol. The number of ether oxygens (including phenoxy) is 1. The van der Waals surface area contributed by atoms with Crippen LogP contribution < -0.4 is 0 Å². The quantitative estimate of drug-likeness (QED) is 0.499. The molecule has 0 rings (SSSR count). The van der Waals surface area contributed by atoms with Crippen LogP contribution in [0.25, 0.3) is 0 Å². The van der Waals surface area contributed by atoms with Crippen molar-refractivity contribution < 1.29 is 23.1 Å². The second-order valence-electron chi connectivity index (χ2n) is 4.16. The van der Waals surface area contributed by atoms with Crippen molar-refractivity contribution in [1.82, 2.24) is 0 Å². The van der Waals surface area contributed by atoms with Gasteiger partial charge in [0.05, 0.1) is 12.1 Å². The summed E-state index contributed by atoms with van der Waals surface area (Å²) in [4.78, 5) is 11.5. The van der Waals surface area contributed by atoms with Crippen molar-refractivity contribution in [2.45, 2.75) is 39.7 Å². The standard InChI is InChI=1S/C11H23O5P/c1-6-7-10(16-11(12)9(2)3)8-17(13,14-4)15-5/h9-10H,6-8H2,1-5H3. The predicted octanol–water partition coefficient (Wildman–Crippen LogP) is 2.84. The maximum Gasteiger partial charge on any atom is 0.333 e. The maximum absolute atomic E-state index is 12.0. The van der Waals surface area contributed by atoms with E-state index in [4.69, 9.17) is 13.8 Å². The van der Waals surface area contributed by atoms with Gasteiger partial charge in [0, 0.05) is 14.2 Å². The average molecular weight is 266 g/mol. The minimum absolute atomic E-state index is 0.103. The second kappa shape index (κ2) is 7.85. The third-order valence-corrected chi connectivity index (χ3v) is 4.32. The fraction of sp³-hybridized carbons (Fsp3) is 0.909. The Labute approximate surface area is 103 Å². The van der Waals surface area contributed by atoms with Gasteiger partial charge >= 0.3 is 13.6 Å². The molecule has 0 heterocycles. The van der Waals surface area contributed by atoms with Crippen LogP contribution in [0.1, 0.15) is 33.6 Å². The van der Waals surface area contributed by atoms with Gasteiger partial charge in [-0.2, -0.15) is 0 Å². The third-order valence-electron chi connectivity index (χ3n) is 2.35. The van der Waals surface area contributed by atoms with Crippen LogP contribution in [0.5, 0.6) is 0 Å². The molecule has 0 amide bonds. The van der Waals surface area contributed by atoms with E-state index in [1.54, 1.807) is 13.8 Å². The number of rotatable bonds is 8. The van der Waals surface area contributed by atoms with Crippen molar-refractivity contribution in [2.75, 3.05) is 20.4 Å². The summed E-state index contributed by atoms with van der Waals surface area (Å²) in [5, 5.41) is 0. The maximum atomic E-state index is 12.0. The Kier molecular flexibility index (Phi) is 7.68. The van der Waals surface area contributed by atoms with Crippen LogP contribution in [-0.2, 0) is 23.1 Å². The monoisotopic (exact) mass is 266 g/mol. The molecule has 6 heteroatoms. The van der Waals surface area contributed by atoms with Crippen molar-refractivity contribution >= 4 is 13.6 Å². The first-order valence-electron chi connectivity index (χ1n) is 5.79. The molecule has 0 bridgehead atoms. The van der Waals surface area contributed by atoms with Gasteiger partial charge in [-0.15, -0.1) is 0 Å². The van der Waals surface area contributed by atoms with Crippen molar-refractivity contribution in [3.8, 4) is 0 Å². The minimum atomic E-state index is -3.13. The predicted molar refractivity (Wildman–Crippen MR) is 66.1 cm³/mol.